The zero-order valence-electron chi connectivity index (χ0n) is 12.5. The van der Waals surface area contributed by atoms with Crippen LogP contribution < -0.4 is 9.46 Å². The topological polar surface area (TPSA) is 55.4 Å². The zero-order valence-corrected chi connectivity index (χ0v) is 14.0. The van der Waals surface area contributed by atoms with E-state index in [-0.39, 0.29) is 23.1 Å². The number of ether oxygens (including phenoxy) is 1. The zero-order chi connectivity index (χ0) is 16.2. The molecule has 0 aliphatic carbocycles. The molecule has 2 aromatic rings. The monoisotopic (exact) mass is 339 g/mol. The first-order chi connectivity index (χ1) is 10.4. The lowest BCUT2D eigenvalue weighted by Crippen LogP contribution is -2.28. The average Bonchev–Trinajstić information content (AvgIpc) is 2.43. The van der Waals surface area contributed by atoms with E-state index >= 15 is 0 Å². The third kappa shape index (κ3) is 4.47. The first-order valence-corrected chi connectivity index (χ1v) is 8.70. The van der Waals surface area contributed by atoms with E-state index < -0.39 is 10.0 Å². The van der Waals surface area contributed by atoms with Crippen molar-refractivity contribution in [1.29, 1.82) is 0 Å². The summed E-state index contributed by atoms with van der Waals surface area (Å²) in [5.41, 5.74) is 2.21. The molecule has 0 aliphatic heterocycles. The quantitative estimate of drug-likeness (QED) is 0.821. The van der Waals surface area contributed by atoms with Gasteiger partial charge >= 0.3 is 0 Å². The fourth-order valence-corrected chi connectivity index (χ4v) is 3.63. The minimum absolute atomic E-state index is 0.0723. The van der Waals surface area contributed by atoms with Gasteiger partial charge in [0.15, 0.2) is 0 Å². The van der Waals surface area contributed by atoms with Crippen molar-refractivity contribution >= 4 is 21.6 Å². The summed E-state index contributed by atoms with van der Waals surface area (Å²) < 4.78 is 32.3. The number of aryl methyl sites for hydroxylation is 2. The van der Waals surface area contributed by atoms with Gasteiger partial charge in [0, 0.05) is 6.54 Å². The van der Waals surface area contributed by atoms with E-state index in [2.05, 4.69) is 4.72 Å². The Balaban J connectivity index is 1.92. The Bertz CT molecular complexity index is 739. The normalized spacial score (nSPS) is 11.4. The van der Waals surface area contributed by atoms with Crippen LogP contribution in [0.4, 0.5) is 0 Å². The molecular weight excluding hydrogens is 322 g/mol. The second-order valence-corrected chi connectivity index (χ2v) is 7.14. The summed E-state index contributed by atoms with van der Waals surface area (Å²) in [5.74, 6) is 0.731. The van der Waals surface area contributed by atoms with E-state index in [1.165, 1.54) is 6.07 Å². The van der Waals surface area contributed by atoms with Gasteiger partial charge in [-0.3, -0.25) is 0 Å². The molecule has 0 spiro atoms. The number of benzene rings is 2. The second-order valence-electron chi connectivity index (χ2n) is 5.00. The highest BCUT2D eigenvalue weighted by atomic mass is 35.5. The number of hydrogen-bond donors (Lipinski definition) is 1. The molecule has 0 atom stereocenters. The SMILES string of the molecule is Cc1cc(C)cc(OCCNS(=O)(=O)c2ccccc2Cl)c1. The molecule has 2 rings (SSSR count). The van der Waals surface area contributed by atoms with Gasteiger partial charge in [-0.1, -0.05) is 29.8 Å². The van der Waals surface area contributed by atoms with Crippen molar-refractivity contribution in [2.45, 2.75) is 18.7 Å². The Kier molecular flexibility index (Phi) is 5.45. The summed E-state index contributed by atoms with van der Waals surface area (Å²) in [4.78, 5) is 0.0723. The van der Waals surface area contributed by atoms with Gasteiger partial charge in [0.2, 0.25) is 10.0 Å². The lowest BCUT2D eigenvalue weighted by molar-refractivity contribution is 0.322. The van der Waals surface area contributed by atoms with Crippen LogP contribution in [-0.2, 0) is 10.0 Å². The van der Waals surface area contributed by atoms with Crippen LogP contribution in [0.2, 0.25) is 5.02 Å². The van der Waals surface area contributed by atoms with Crippen molar-refractivity contribution in [3.05, 3.63) is 58.6 Å². The largest absolute Gasteiger partial charge is 0.492 e. The van der Waals surface area contributed by atoms with Gasteiger partial charge in [0.1, 0.15) is 17.3 Å². The number of halogens is 1. The van der Waals surface area contributed by atoms with Gasteiger partial charge in [-0.25, -0.2) is 13.1 Å². The van der Waals surface area contributed by atoms with Gasteiger partial charge in [0.05, 0.1) is 5.02 Å². The lowest BCUT2D eigenvalue weighted by Gasteiger charge is -2.10. The van der Waals surface area contributed by atoms with Crippen molar-refractivity contribution in [3.63, 3.8) is 0 Å². The van der Waals surface area contributed by atoms with Crippen molar-refractivity contribution in [2.75, 3.05) is 13.2 Å². The molecule has 0 fully saturated rings. The van der Waals surface area contributed by atoms with Crippen LogP contribution in [-0.4, -0.2) is 21.6 Å². The van der Waals surface area contributed by atoms with Gasteiger partial charge in [0.25, 0.3) is 0 Å². The van der Waals surface area contributed by atoms with Crippen LogP contribution in [0.5, 0.6) is 5.75 Å². The smallest absolute Gasteiger partial charge is 0.242 e. The van der Waals surface area contributed by atoms with Crippen molar-refractivity contribution < 1.29 is 13.2 Å². The van der Waals surface area contributed by atoms with Crippen LogP contribution in [0.25, 0.3) is 0 Å². The minimum Gasteiger partial charge on any atom is -0.492 e. The molecule has 118 valence electrons. The molecule has 0 unspecified atom stereocenters. The van der Waals surface area contributed by atoms with Gasteiger partial charge in [-0.05, 0) is 49.2 Å². The Morgan fingerprint density at radius 1 is 1.09 bits per heavy atom. The van der Waals surface area contributed by atoms with Crippen LogP contribution in [0.3, 0.4) is 0 Å². The van der Waals surface area contributed by atoms with Gasteiger partial charge in [-0.2, -0.15) is 0 Å². The molecule has 0 amide bonds. The van der Waals surface area contributed by atoms with E-state index in [9.17, 15) is 8.42 Å². The van der Waals surface area contributed by atoms with Crippen LogP contribution >= 0.6 is 11.6 Å². The predicted octanol–water partition coefficient (Wildman–Crippen LogP) is 3.31. The van der Waals surface area contributed by atoms with Crippen molar-refractivity contribution in [1.82, 2.24) is 4.72 Å². The first kappa shape index (κ1) is 16.8. The molecule has 0 saturated carbocycles. The summed E-state index contributed by atoms with van der Waals surface area (Å²) in [6.07, 6.45) is 0. The van der Waals surface area contributed by atoms with Gasteiger partial charge < -0.3 is 4.74 Å². The number of nitrogens with one attached hydrogen (secondary N) is 1. The summed E-state index contributed by atoms with van der Waals surface area (Å²) >= 11 is 5.90. The average molecular weight is 340 g/mol. The second kappa shape index (κ2) is 7.13. The summed E-state index contributed by atoms with van der Waals surface area (Å²) in [5, 5.41) is 0.199. The Labute approximate surface area is 136 Å². The molecule has 0 saturated heterocycles. The van der Waals surface area contributed by atoms with E-state index in [1.807, 2.05) is 32.0 Å². The number of sulfonamides is 1. The standard InChI is InChI=1S/C16H18ClNO3S/c1-12-9-13(2)11-14(10-12)21-8-7-18-22(19,20)16-6-4-3-5-15(16)17/h3-6,9-11,18H,7-8H2,1-2H3. The highest BCUT2D eigenvalue weighted by Crippen LogP contribution is 2.20. The Morgan fingerprint density at radius 2 is 1.73 bits per heavy atom. The minimum atomic E-state index is -3.62. The molecule has 0 aromatic heterocycles. The molecule has 0 radical (unpaired) electrons. The Hall–Kier alpha value is -1.56. The van der Waals surface area contributed by atoms with Gasteiger partial charge in [-0.15, -0.1) is 0 Å². The number of rotatable bonds is 6. The first-order valence-electron chi connectivity index (χ1n) is 6.84. The summed E-state index contributed by atoms with van der Waals surface area (Å²) in [7, 11) is -3.62. The number of hydrogen-bond acceptors (Lipinski definition) is 3. The van der Waals surface area contributed by atoms with E-state index in [4.69, 9.17) is 16.3 Å². The molecule has 0 aliphatic rings. The van der Waals surface area contributed by atoms with E-state index in [0.717, 1.165) is 16.9 Å². The molecule has 2 aromatic carbocycles. The predicted molar refractivity (Wildman–Crippen MR) is 88.1 cm³/mol. The maximum absolute atomic E-state index is 12.1. The highest BCUT2D eigenvalue weighted by molar-refractivity contribution is 7.89. The maximum atomic E-state index is 12.1. The van der Waals surface area contributed by atoms with Crippen LogP contribution in [0.1, 0.15) is 11.1 Å². The fourth-order valence-electron chi connectivity index (χ4n) is 2.10. The Morgan fingerprint density at radius 3 is 2.36 bits per heavy atom. The molecule has 0 bridgehead atoms. The molecule has 1 N–H and O–H groups in total. The van der Waals surface area contributed by atoms with Crippen molar-refractivity contribution in [3.8, 4) is 5.75 Å². The third-order valence-electron chi connectivity index (χ3n) is 2.98. The molecule has 6 heteroatoms. The van der Waals surface area contributed by atoms with Crippen LogP contribution in [0.15, 0.2) is 47.4 Å². The highest BCUT2D eigenvalue weighted by Gasteiger charge is 2.16. The van der Waals surface area contributed by atoms with E-state index in [0.29, 0.717) is 0 Å². The van der Waals surface area contributed by atoms with Crippen molar-refractivity contribution in [2.24, 2.45) is 0 Å². The lowest BCUT2D eigenvalue weighted by atomic mass is 10.1. The van der Waals surface area contributed by atoms with E-state index in [1.54, 1.807) is 18.2 Å². The maximum Gasteiger partial charge on any atom is 0.242 e. The summed E-state index contributed by atoms with van der Waals surface area (Å²) in [6, 6.07) is 12.2. The summed E-state index contributed by atoms with van der Waals surface area (Å²) in [6.45, 7) is 4.38. The van der Waals surface area contributed by atoms with Crippen LogP contribution in [0, 0.1) is 13.8 Å². The molecule has 4 nitrogen and oxygen atoms in total. The third-order valence-corrected chi connectivity index (χ3v) is 4.95. The molecule has 0 heterocycles. The molecule has 22 heavy (non-hydrogen) atoms. The fraction of sp³-hybridized carbons (Fsp3) is 0.250. The molecular formula is C16H18ClNO3S.